The van der Waals surface area contributed by atoms with Crippen molar-refractivity contribution in [2.24, 2.45) is 0 Å². The molecule has 0 radical (unpaired) electrons. The van der Waals surface area contributed by atoms with Crippen molar-refractivity contribution in [3.8, 4) is 11.1 Å². The largest absolute Gasteiger partial charge is 0.297 e. The van der Waals surface area contributed by atoms with E-state index in [2.05, 4.69) is 81.2 Å². The summed E-state index contributed by atoms with van der Waals surface area (Å²) in [5.74, 6) is 0.987. The molecule has 0 saturated heterocycles. The smallest absolute Gasteiger partial charge is 0.0846 e. The number of para-hydroxylation sites is 1. The van der Waals surface area contributed by atoms with Gasteiger partial charge in [0.1, 0.15) is 0 Å². The van der Waals surface area contributed by atoms with E-state index in [-0.39, 0.29) is 0 Å². The lowest BCUT2D eigenvalue weighted by atomic mass is 9.92. The first-order valence-electron chi connectivity index (χ1n) is 8.61. The van der Waals surface area contributed by atoms with Crippen LogP contribution >= 0.6 is 11.8 Å². The third-order valence-electron chi connectivity index (χ3n) is 4.36. The number of hydrogen-bond acceptors (Lipinski definition) is 3. The number of nitrogens with zero attached hydrogens (tertiary/aromatic N) is 1. The highest BCUT2D eigenvalue weighted by Gasteiger charge is 2.26. The number of rotatable bonds is 4. The third-order valence-corrected chi connectivity index (χ3v) is 6.61. The Labute approximate surface area is 151 Å². The topological polar surface area (TPSA) is 15.3 Å². The highest BCUT2D eigenvalue weighted by molar-refractivity contribution is 7.99. The van der Waals surface area contributed by atoms with Crippen molar-refractivity contribution >= 4 is 25.5 Å². The molecule has 0 amide bonds. The van der Waals surface area contributed by atoms with Gasteiger partial charge in [0.2, 0.25) is 0 Å². The maximum Gasteiger partial charge on any atom is 0.0846 e. The van der Waals surface area contributed by atoms with Gasteiger partial charge >= 0.3 is 0 Å². The molecule has 0 saturated carbocycles. The van der Waals surface area contributed by atoms with Crippen LogP contribution in [0, 0.1) is 20.8 Å². The number of fused-ring (bicyclic) bond motifs is 1. The van der Waals surface area contributed by atoms with Gasteiger partial charge in [-0.05, 0) is 43.5 Å². The molecular weight excluding hydrogens is 328 g/mol. The number of hydrazine groups is 1. The van der Waals surface area contributed by atoms with Crippen LogP contribution in [-0.4, -0.2) is 20.1 Å². The van der Waals surface area contributed by atoms with Gasteiger partial charge in [-0.15, -0.1) is 11.8 Å². The van der Waals surface area contributed by atoms with E-state index in [1.807, 2.05) is 11.8 Å². The van der Waals surface area contributed by atoms with Crippen molar-refractivity contribution in [3.63, 3.8) is 0 Å². The van der Waals surface area contributed by atoms with Gasteiger partial charge in [0.25, 0.3) is 0 Å². The molecule has 0 fully saturated rings. The molecule has 1 aliphatic rings. The fourth-order valence-corrected chi connectivity index (χ4v) is 5.07. The van der Waals surface area contributed by atoms with E-state index in [1.165, 1.54) is 38.4 Å². The van der Waals surface area contributed by atoms with Crippen molar-refractivity contribution in [2.45, 2.75) is 45.3 Å². The number of nitrogens with one attached hydrogen (secondary N) is 1. The van der Waals surface area contributed by atoms with Crippen LogP contribution in [0.3, 0.4) is 0 Å². The first-order valence-corrected chi connectivity index (χ1v) is 13.3. The summed E-state index contributed by atoms with van der Waals surface area (Å²) < 4.78 is 0. The predicted octanol–water partition coefficient (Wildman–Crippen LogP) is 5.53. The molecule has 128 valence electrons. The molecule has 0 aliphatic carbocycles. The number of anilines is 1. The molecule has 1 N–H and O–H groups in total. The Balaban J connectivity index is 2.05. The summed E-state index contributed by atoms with van der Waals surface area (Å²) >= 11 is 1.93. The molecule has 2 aromatic carbocycles. The van der Waals surface area contributed by atoms with Gasteiger partial charge in [0.05, 0.1) is 19.6 Å². The second-order valence-corrected chi connectivity index (χ2v) is 14.5. The zero-order chi connectivity index (χ0) is 17.5. The summed E-state index contributed by atoms with van der Waals surface area (Å²) in [6, 6.07) is 11.3. The second-order valence-electron chi connectivity index (χ2n) is 8.02. The van der Waals surface area contributed by atoms with E-state index < -0.39 is 8.07 Å². The Morgan fingerprint density at radius 1 is 1.08 bits per heavy atom. The molecular formula is C20H28N2SSi. The zero-order valence-corrected chi connectivity index (χ0v) is 17.5. The van der Waals surface area contributed by atoms with Crippen molar-refractivity contribution in [1.29, 1.82) is 0 Å². The monoisotopic (exact) mass is 356 g/mol. The normalized spacial score (nSPS) is 14.2. The lowest BCUT2D eigenvalue weighted by Gasteiger charge is -2.27. The Morgan fingerprint density at radius 3 is 2.38 bits per heavy atom. The van der Waals surface area contributed by atoms with E-state index in [1.54, 1.807) is 0 Å². The fraction of sp³-hybridized carbons (Fsp3) is 0.400. The maximum atomic E-state index is 3.71. The van der Waals surface area contributed by atoms with Crippen LogP contribution in [0.2, 0.25) is 19.6 Å². The van der Waals surface area contributed by atoms with Gasteiger partial charge < -0.3 is 0 Å². The van der Waals surface area contributed by atoms with Crippen LogP contribution in [0.4, 0.5) is 5.69 Å². The van der Waals surface area contributed by atoms with E-state index in [4.69, 9.17) is 0 Å². The second kappa shape index (κ2) is 6.58. The Hall–Kier alpha value is -1.23. The molecule has 2 nitrogen and oxygen atoms in total. The van der Waals surface area contributed by atoms with Crippen molar-refractivity contribution in [3.05, 3.63) is 47.0 Å². The minimum Gasteiger partial charge on any atom is -0.297 e. The van der Waals surface area contributed by atoms with E-state index >= 15 is 0 Å². The summed E-state index contributed by atoms with van der Waals surface area (Å²) in [7, 11) is -1.13. The van der Waals surface area contributed by atoms with Gasteiger partial charge in [-0.2, -0.15) is 0 Å². The van der Waals surface area contributed by atoms with Gasteiger partial charge in [0.15, 0.2) is 0 Å². The molecule has 0 spiro atoms. The number of benzene rings is 2. The minimum atomic E-state index is -1.13. The summed E-state index contributed by atoms with van der Waals surface area (Å²) in [5.41, 5.74) is 11.9. The lowest BCUT2D eigenvalue weighted by Crippen LogP contribution is -2.46. The van der Waals surface area contributed by atoms with Gasteiger partial charge in [-0.1, -0.05) is 49.5 Å². The Morgan fingerprint density at radius 2 is 1.75 bits per heavy atom. The molecule has 0 atom stereocenters. The van der Waals surface area contributed by atoms with E-state index in [0.29, 0.717) is 0 Å². The SMILES string of the molecule is Cc1cc(C)c(-c2cccc3c2N(NC[Si](C)(C)C)CS3)c(C)c1. The molecule has 1 aliphatic heterocycles. The minimum absolute atomic E-state index is 0.987. The summed E-state index contributed by atoms with van der Waals surface area (Å²) in [5, 5.41) is 2.37. The fourth-order valence-electron chi connectivity index (χ4n) is 3.38. The highest BCUT2D eigenvalue weighted by atomic mass is 32.2. The first kappa shape index (κ1) is 17.6. The van der Waals surface area contributed by atoms with Crippen molar-refractivity contribution in [1.82, 2.24) is 5.43 Å². The lowest BCUT2D eigenvalue weighted by molar-refractivity contribution is 0.745. The van der Waals surface area contributed by atoms with E-state index in [9.17, 15) is 0 Å². The zero-order valence-electron chi connectivity index (χ0n) is 15.7. The summed E-state index contributed by atoms with van der Waals surface area (Å²) in [6.45, 7) is 13.9. The van der Waals surface area contributed by atoms with Gasteiger partial charge in [0, 0.05) is 16.6 Å². The van der Waals surface area contributed by atoms with Gasteiger partial charge in [-0.3, -0.25) is 5.01 Å². The average Bonchev–Trinajstić information content (AvgIpc) is 2.87. The summed E-state index contributed by atoms with van der Waals surface area (Å²) in [4.78, 5) is 1.38. The van der Waals surface area contributed by atoms with Crippen LogP contribution in [-0.2, 0) is 0 Å². The van der Waals surface area contributed by atoms with Crippen LogP contribution in [0.1, 0.15) is 16.7 Å². The van der Waals surface area contributed by atoms with Crippen molar-refractivity contribution < 1.29 is 0 Å². The quantitative estimate of drug-likeness (QED) is 0.725. The Bertz CT molecular complexity index is 742. The molecule has 4 heteroatoms. The number of hydrogen-bond donors (Lipinski definition) is 1. The molecule has 0 unspecified atom stereocenters. The van der Waals surface area contributed by atoms with Crippen LogP contribution < -0.4 is 10.4 Å². The van der Waals surface area contributed by atoms with Crippen LogP contribution in [0.5, 0.6) is 0 Å². The standard InChI is InChI=1S/C20H28N2SSi/c1-14-10-15(2)19(16(3)11-14)17-8-7-9-18-20(17)22(13-23-18)21-12-24(4,5)6/h7-11,21H,12-13H2,1-6H3. The number of aryl methyl sites for hydroxylation is 3. The molecule has 1 heterocycles. The molecule has 2 aromatic rings. The number of thioether (sulfide) groups is 1. The molecule has 24 heavy (non-hydrogen) atoms. The first-order chi connectivity index (χ1) is 11.3. The van der Waals surface area contributed by atoms with Gasteiger partial charge in [-0.25, -0.2) is 5.43 Å². The van der Waals surface area contributed by atoms with E-state index in [0.717, 1.165) is 12.0 Å². The summed E-state index contributed by atoms with van der Waals surface area (Å²) in [6.07, 6.45) is 1.10. The molecule has 0 bridgehead atoms. The average molecular weight is 357 g/mol. The van der Waals surface area contributed by atoms with Crippen molar-refractivity contribution in [2.75, 3.05) is 17.1 Å². The highest BCUT2D eigenvalue weighted by Crippen LogP contribution is 2.45. The third kappa shape index (κ3) is 3.56. The molecule has 0 aromatic heterocycles. The Kier molecular flexibility index (Phi) is 4.82. The van der Waals surface area contributed by atoms with Crippen LogP contribution in [0.15, 0.2) is 35.2 Å². The molecule has 3 rings (SSSR count). The predicted molar refractivity (Wildman–Crippen MR) is 111 cm³/mol. The maximum absolute atomic E-state index is 3.71. The van der Waals surface area contributed by atoms with Crippen LogP contribution in [0.25, 0.3) is 11.1 Å².